The van der Waals surface area contributed by atoms with Gasteiger partial charge in [0.25, 0.3) is 0 Å². The molecular weight excluding hydrogens is 250 g/mol. The van der Waals surface area contributed by atoms with Crippen molar-refractivity contribution >= 4 is 0 Å². The van der Waals surface area contributed by atoms with E-state index in [0.717, 1.165) is 17.9 Å². The molecule has 0 aliphatic heterocycles. The van der Waals surface area contributed by atoms with Crippen molar-refractivity contribution in [3.8, 4) is 11.5 Å². The maximum atomic E-state index is 9.14. The molecule has 0 aromatic heterocycles. The molecule has 0 saturated carbocycles. The molecule has 0 spiro atoms. The van der Waals surface area contributed by atoms with E-state index in [4.69, 9.17) is 9.84 Å². The van der Waals surface area contributed by atoms with E-state index in [0.29, 0.717) is 0 Å². The van der Waals surface area contributed by atoms with E-state index in [1.54, 1.807) is 0 Å². The average molecular weight is 271 g/mol. The van der Waals surface area contributed by atoms with E-state index in [1.807, 2.05) is 56.6 Å². The van der Waals surface area contributed by atoms with Crippen LogP contribution in [-0.4, -0.2) is 30.7 Å². The van der Waals surface area contributed by atoms with Gasteiger partial charge in [0.1, 0.15) is 11.5 Å². The van der Waals surface area contributed by atoms with Crippen LogP contribution in [-0.2, 0) is 0 Å². The molecule has 0 saturated heterocycles. The Morgan fingerprint density at radius 3 is 2.10 bits per heavy atom. The summed E-state index contributed by atoms with van der Waals surface area (Å²) in [6, 6.07) is 18.0. The van der Waals surface area contributed by atoms with Crippen LogP contribution in [0, 0.1) is 0 Å². The Labute approximate surface area is 120 Å². The predicted molar refractivity (Wildman–Crippen MR) is 81.1 cm³/mol. The van der Waals surface area contributed by atoms with Gasteiger partial charge in [0.2, 0.25) is 0 Å². The topological polar surface area (TPSA) is 32.7 Å². The van der Waals surface area contributed by atoms with Crippen LogP contribution < -0.4 is 4.74 Å². The Balaban J connectivity index is 2.09. The van der Waals surface area contributed by atoms with Crippen molar-refractivity contribution in [2.45, 2.75) is 12.5 Å². The van der Waals surface area contributed by atoms with E-state index in [1.165, 1.54) is 5.56 Å². The fourth-order valence-corrected chi connectivity index (χ4v) is 2.23. The smallest absolute Gasteiger partial charge is 0.127 e. The Bertz CT molecular complexity index is 508. The summed E-state index contributed by atoms with van der Waals surface area (Å²) < 4.78 is 5.77. The van der Waals surface area contributed by atoms with Crippen molar-refractivity contribution < 1.29 is 9.84 Å². The molecule has 0 amide bonds. The van der Waals surface area contributed by atoms with Crippen molar-refractivity contribution in [3.63, 3.8) is 0 Å². The zero-order chi connectivity index (χ0) is 14.4. The molecule has 1 atom stereocenters. The first-order valence-corrected chi connectivity index (χ1v) is 6.81. The number of benzene rings is 2. The second-order valence-corrected chi connectivity index (χ2v) is 4.98. The summed E-state index contributed by atoms with van der Waals surface area (Å²) >= 11 is 0. The number of aliphatic hydroxyl groups is 1. The Morgan fingerprint density at radius 2 is 1.55 bits per heavy atom. The predicted octanol–water partition coefficient (Wildman–Crippen LogP) is 3.46. The first-order chi connectivity index (χ1) is 9.70. The van der Waals surface area contributed by atoms with Crippen LogP contribution >= 0.6 is 0 Å². The highest BCUT2D eigenvalue weighted by Crippen LogP contribution is 2.26. The van der Waals surface area contributed by atoms with Gasteiger partial charge in [-0.05, 0) is 50.3 Å². The summed E-state index contributed by atoms with van der Waals surface area (Å²) in [5, 5.41) is 9.14. The SMILES string of the molecule is CN(C)C(CCO)c1ccc(Oc2ccccc2)cc1. The van der Waals surface area contributed by atoms with Crippen molar-refractivity contribution in [2.24, 2.45) is 0 Å². The molecular formula is C17H21NO2. The van der Waals surface area contributed by atoms with Crippen LogP contribution in [0.1, 0.15) is 18.0 Å². The summed E-state index contributed by atoms with van der Waals surface area (Å²) in [5.41, 5.74) is 1.18. The van der Waals surface area contributed by atoms with E-state index < -0.39 is 0 Å². The number of hydrogen-bond acceptors (Lipinski definition) is 3. The van der Waals surface area contributed by atoms with Crippen LogP contribution in [0.25, 0.3) is 0 Å². The summed E-state index contributed by atoms with van der Waals surface area (Å²) in [4.78, 5) is 2.11. The number of aliphatic hydroxyl groups excluding tert-OH is 1. The standard InChI is InChI=1S/C17H21NO2/c1-18(2)17(12-13-19)14-8-10-16(11-9-14)20-15-6-4-3-5-7-15/h3-11,17,19H,12-13H2,1-2H3. The molecule has 3 nitrogen and oxygen atoms in total. The van der Waals surface area contributed by atoms with Crippen LogP contribution in [0.2, 0.25) is 0 Å². The maximum Gasteiger partial charge on any atom is 0.127 e. The number of ether oxygens (including phenoxy) is 1. The molecule has 0 aliphatic carbocycles. The fraction of sp³-hybridized carbons (Fsp3) is 0.294. The van der Waals surface area contributed by atoms with Crippen molar-refractivity contribution in [1.29, 1.82) is 0 Å². The minimum Gasteiger partial charge on any atom is -0.457 e. The molecule has 0 heterocycles. The number of hydrogen-bond donors (Lipinski definition) is 1. The molecule has 0 aliphatic rings. The molecule has 3 heteroatoms. The van der Waals surface area contributed by atoms with Gasteiger partial charge in [-0.1, -0.05) is 30.3 Å². The van der Waals surface area contributed by atoms with Gasteiger partial charge < -0.3 is 14.7 Å². The molecule has 0 bridgehead atoms. The zero-order valence-corrected chi connectivity index (χ0v) is 12.0. The minimum absolute atomic E-state index is 0.186. The highest BCUT2D eigenvalue weighted by Gasteiger charge is 2.13. The molecule has 0 radical (unpaired) electrons. The summed E-state index contributed by atoms with van der Waals surface area (Å²) in [6.45, 7) is 0.186. The number of rotatable bonds is 6. The van der Waals surface area contributed by atoms with E-state index >= 15 is 0 Å². The van der Waals surface area contributed by atoms with Crippen LogP contribution in [0.4, 0.5) is 0 Å². The molecule has 0 fully saturated rings. The van der Waals surface area contributed by atoms with Gasteiger partial charge in [-0.15, -0.1) is 0 Å². The van der Waals surface area contributed by atoms with Gasteiger partial charge in [0.15, 0.2) is 0 Å². The lowest BCUT2D eigenvalue weighted by Crippen LogP contribution is -2.20. The van der Waals surface area contributed by atoms with Gasteiger partial charge in [-0.25, -0.2) is 0 Å². The molecule has 1 unspecified atom stereocenters. The number of nitrogens with zero attached hydrogens (tertiary/aromatic N) is 1. The first kappa shape index (κ1) is 14.6. The molecule has 20 heavy (non-hydrogen) atoms. The monoisotopic (exact) mass is 271 g/mol. The van der Waals surface area contributed by atoms with Crippen molar-refractivity contribution in [1.82, 2.24) is 4.90 Å². The molecule has 2 aromatic carbocycles. The zero-order valence-electron chi connectivity index (χ0n) is 12.0. The fourth-order valence-electron chi connectivity index (χ4n) is 2.23. The van der Waals surface area contributed by atoms with E-state index in [9.17, 15) is 0 Å². The highest BCUT2D eigenvalue weighted by molar-refractivity contribution is 5.33. The van der Waals surface area contributed by atoms with Crippen LogP contribution in [0.5, 0.6) is 11.5 Å². The normalized spacial score (nSPS) is 12.4. The maximum absolute atomic E-state index is 9.14. The summed E-state index contributed by atoms with van der Waals surface area (Å²) in [6.07, 6.45) is 0.728. The van der Waals surface area contributed by atoms with Gasteiger partial charge in [0, 0.05) is 12.6 Å². The first-order valence-electron chi connectivity index (χ1n) is 6.81. The Kier molecular flexibility index (Phi) is 5.16. The largest absolute Gasteiger partial charge is 0.457 e. The quantitative estimate of drug-likeness (QED) is 0.873. The minimum atomic E-state index is 0.186. The molecule has 2 aromatic rings. The van der Waals surface area contributed by atoms with E-state index in [-0.39, 0.29) is 12.6 Å². The van der Waals surface area contributed by atoms with Crippen molar-refractivity contribution in [2.75, 3.05) is 20.7 Å². The van der Waals surface area contributed by atoms with Crippen molar-refractivity contribution in [3.05, 3.63) is 60.2 Å². The third-order valence-corrected chi connectivity index (χ3v) is 3.27. The third-order valence-electron chi connectivity index (χ3n) is 3.27. The molecule has 1 N–H and O–H groups in total. The number of para-hydroxylation sites is 1. The van der Waals surface area contributed by atoms with Crippen LogP contribution in [0.3, 0.4) is 0 Å². The lowest BCUT2D eigenvalue weighted by molar-refractivity contribution is 0.211. The molecule has 2 rings (SSSR count). The summed E-state index contributed by atoms with van der Waals surface area (Å²) in [7, 11) is 4.05. The van der Waals surface area contributed by atoms with Gasteiger partial charge >= 0.3 is 0 Å². The van der Waals surface area contributed by atoms with Crippen LogP contribution in [0.15, 0.2) is 54.6 Å². The highest BCUT2D eigenvalue weighted by atomic mass is 16.5. The Morgan fingerprint density at radius 1 is 0.950 bits per heavy atom. The van der Waals surface area contributed by atoms with Gasteiger partial charge in [-0.3, -0.25) is 0 Å². The lowest BCUT2D eigenvalue weighted by atomic mass is 10.0. The summed E-state index contributed by atoms with van der Waals surface area (Å²) in [5.74, 6) is 1.65. The van der Waals surface area contributed by atoms with Gasteiger partial charge in [-0.2, -0.15) is 0 Å². The average Bonchev–Trinajstić information content (AvgIpc) is 2.47. The second-order valence-electron chi connectivity index (χ2n) is 4.98. The molecule has 106 valence electrons. The lowest BCUT2D eigenvalue weighted by Gasteiger charge is -2.24. The third kappa shape index (κ3) is 3.83. The second kappa shape index (κ2) is 7.08. The van der Waals surface area contributed by atoms with Gasteiger partial charge in [0.05, 0.1) is 0 Å². The van der Waals surface area contributed by atoms with E-state index in [2.05, 4.69) is 17.0 Å². The Hall–Kier alpha value is -1.84.